The topological polar surface area (TPSA) is 78.5 Å². The lowest BCUT2D eigenvalue weighted by Crippen LogP contribution is -2.39. The van der Waals surface area contributed by atoms with E-state index in [4.69, 9.17) is 0 Å². The molecule has 2 rings (SSSR count). The standard InChI is InChI=1S/C23H39N3O3S/c1-5-7-8-9-13-23(27)24-20-14-15-21(26-16-11-10-12-19(26)4)22(17-20)30(28,29)25-18(3)6-2/h14-15,17-19,25H,5-13,16H2,1-4H3,(H,24,27)/t18-,19+/m0/s1. The number of sulfonamides is 1. The van der Waals surface area contributed by atoms with Crippen molar-refractivity contribution in [2.45, 2.75) is 102 Å². The van der Waals surface area contributed by atoms with Crippen molar-refractivity contribution < 1.29 is 13.2 Å². The maximum Gasteiger partial charge on any atom is 0.242 e. The number of nitrogens with one attached hydrogen (secondary N) is 2. The fourth-order valence-electron chi connectivity index (χ4n) is 3.85. The van der Waals surface area contributed by atoms with Crippen LogP contribution in [0.2, 0.25) is 0 Å². The maximum absolute atomic E-state index is 13.2. The number of anilines is 2. The van der Waals surface area contributed by atoms with Crippen LogP contribution in [-0.4, -0.2) is 33.0 Å². The molecule has 2 N–H and O–H groups in total. The van der Waals surface area contributed by atoms with Crippen molar-refractivity contribution in [1.82, 2.24) is 4.72 Å². The molecule has 0 radical (unpaired) electrons. The summed E-state index contributed by atoms with van der Waals surface area (Å²) in [5, 5.41) is 2.89. The van der Waals surface area contributed by atoms with Crippen LogP contribution < -0.4 is 14.9 Å². The first-order chi connectivity index (χ1) is 14.3. The van der Waals surface area contributed by atoms with Gasteiger partial charge in [0.1, 0.15) is 4.90 Å². The van der Waals surface area contributed by atoms with Crippen molar-refractivity contribution in [2.75, 3.05) is 16.8 Å². The zero-order valence-corrected chi connectivity index (χ0v) is 19.9. The SMILES string of the molecule is CCCCCCC(=O)Nc1ccc(N2CCCC[C@H]2C)c(S(=O)(=O)N[C@@H](C)CC)c1. The van der Waals surface area contributed by atoms with E-state index in [1.807, 2.05) is 26.0 Å². The summed E-state index contributed by atoms with van der Waals surface area (Å²) in [7, 11) is -3.70. The Morgan fingerprint density at radius 3 is 2.63 bits per heavy atom. The lowest BCUT2D eigenvalue weighted by atomic mass is 10.0. The summed E-state index contributed by atoms with van der Waals surface area (Å²) in [4.78, 5) is 14.7. The van der Waals surface area contributed by atoms with Crippen LogP contribution in [0.15, 0.2) is 23.1 Å². The molecule has 170 valence electrons. The third-order valence-electron chi connectivity index (χ3n) is 5.87. The number of unbranched alkanes of at least 4 members (excludes halogenated alkanes) is 3. The van der Waals surface area contributed by atoms with Gasteiger partial charge in [-0.05, 0) is 64.2 Å². The Bertz CT molecular complexity index is 795. The van der Waals surface area contributed by atoms with Crippen LogP contribution in [0.5, 0.6) is 0 Å². The van der Waals surface area contributed by atoms with E-state index in [1.165, 1.54) is 0 Å². The second kappa shape index (κ2) is 11.7. The minimum absolute atomic E-state index is 0.0663. The van der Waals surface area contributed by atoms with Gasteiger partial charge in [-0.2, -0.15) is 0 Å². The average Bonchev–Trinajstić information content (AvgIpc) is 2.71. The van der Waals surface area contributed by atoms with E-state index < -0.39 is 10.0 Å². The van der Waals surface area contributed by atoms with Gasteiger partial charge in [-0.25, -0.2) is 13.1 Å². The van der Waals surface area contributed by atoms with Gasteiger partial charge in [-0.3, -0.25) is 4.79 Å². The number of hydrogen-bond acceptors (Lipinski definition) is 4. The molecule has 30 heavy (non-hydrogen) atoms. The summed E-state index contributed by atoms with van der Waals surface area (Å²) >= 11 is 0. The summed E-state index contributed by atoms with van der Waals surface area (Å²) in [5.41, 5.74) is 1.26. The molecule has 1 saturated heterocycles. The van der Waals surface area contributed by atoms with Crippen molar-refractivity contribution >= 4 is 27.3 Å². The van der Waals surface area contributed by atoms with Gasteiger partial charge in [-0.1, -0.05) is 33.1 Å². The molecular weight excluding hydrogens is 398 g/mol. The molecule has 2 atom stereocenters. The third kappa shape index (κ3) is 6.98. The second-order valence-corrected chi connectivity index (χ2v) is 10.2. The molecule has 0 bridgehead atoms. The van der Waals surface area contributed by atoms with Crippen molar-refractivity contribution in [3.05, 3.63) is 18.2 Å². The molecule has 1 heterocycles. The Morgan fingerprint density at radius 2 is 1.97 bits per heavy atom. The molecule has 1 aromatic rings. The van der Waals surface area contributed by atoms with Crippen molar-refractivity contribution in [3.63, 3.8) is 0 Å². The van der Waals surface area contributed by atoms with Gasteiger partial charge in [0, 0.05) is 30.7 Å². The summed E-state index contributed by atoms with van der Waals surface area (Å²) in [6.07, 6.45) is 8.57. The Balaban J connectivity index is 2.29. The fourth-order valence-corrected chi connectivity index (χ4v) is 5.41. The van der Waals surface area contributed by atoms with Gasteiger partial charge in [-0.15, -0.1) is 0 Å². The minimum atomic E-state index is -3.70. The Morgan fingerprint density at radius 1 is 1.20 bits per heavy atom. The van der Waals surface area contributed by atoms with E-state index in [0.717, 1.165) is 57.2 Å². The molecule has 0 unspecified atom stereocenters. The first kappa shape index (κ1) is 24.7. The van der Waals surface area contributed by atoms with E-state index in [1.54, 1.807) is 6.07 Å². The minimum Gasteiger partial charge on any atom is -0.368 e. The summed E-state index contributed by atoms with van der Waals surface area (Å²) < 4.78 is 29.2. The Labute approximate surface area is 182 Å². The van der Waals surface area contributed by atoms with Crippen LogP contribution in [-0.2, 0) is 14.8 Å². The lowest BCUT2D eigenvalue weighted by Gasteiger charge is -2.36. The second-order valence-electron chi connectivity index (χ2n) is 8.51. The number of amides is 1. The van der Waals surface area contributed by atoms with Crippen molar-refractivity contribution in [3.8, 4) is 0 Å². The maximum atomic E-state index is 13.2. The molecule has 0 spiro atoms. The number of carbonyl (C=O) groups excluding carboxylic acids is 1. The van der Waals surface area contributed by atoms with Gasteiger partial charge in [0.25, 0.3) is 0 Å². The lowest BCUT2D eigenvalue weighted by molar-refractivity contribution is -0.116. The molecule has 1 aliphatic heterocycles. The molecule has 1 fully saturated rings. The smallest absolute Gasteiger partial charge is 0.242 e. The molecule has 0 aromatic heterocycles. The van der Waals surface area contributed by atoms with Crippen LogP contribution in [0.4, 0.5) is 11.4 Å². The predicted octanol–water partition coefficient (Wildman–Crippen LogP) is 5.05. The highest BCUT2D eigenvalue weighted by Crippen LogP contribution is 2.33. The van der Waals surface area contributed by atoms with E-state index >= 15 is 0 Å². The van der Waals surface area contributed by atoms with Crippen LogP contribution in [0, 0.1) is 0 Å². The zero-order valence-electron chi connectivity index (χ0n) is 19.0. The molecule has 0 saturated carbocycles. The fraction of sp³-hybridized carbons (Fsp3) is 0.696. The van der Waals surface area contributed by atoms with Crippen LogP contribution in [0.3, 0.4) is 0 Å². The number of rotatable bonds is 11. The summed E-state index contributed by atoms with van der Waals surface area (Å²) in [6, 6.07) is 5.42. The Kier molecular flexibility index (Phi) is 9.62. The zero-order chi connectivity index (χ0) is 22.1. The molecule has 1 aliphatic rings. The van der Waals surface area contributed by atoms with Crippen molar-refractivity contribution in [1.29, 1.82) is 0 Å². The normalized spacial score (nSPS) is 18.3. The highest BCUT2D eigenvalue weighted by Gasteiger charge is 2.27. The number of nitrogens with zero attached hydrogens (tertiary/aromatic N) is 1. The van der Waals surface area contributed by atoms with Gasteiger partial charge < -0.3 is 10.2 Å². The molecule has 7 heteroatoms. The molecule has 6 nitrogen and oxygen atoms in total. The first-order valence-corrected chi connectivity index (χ1v) is 13.0. The largest absolute Gasteiger partial charge is 0.368 e. The summed E-state index contributed by atoms with van der Waals surface area (Å²) in [5.74, 6) is -0.0663. The van der Waals surface area contributed by atoms with Crippen molar-refractivity contribution in [2.24, 2.45) is 0 Å². The third-order valence-corrected chi connectivity index (χ3v) is 7.49. The van der Waals surface area contributed by atoms with Gasteiger partial charge in [0.15, 0.2) is 0 Å². The molecule has 1 amide bonds. The van der Waals surface area contributed by atoms with Gasteiger partial charge in [0.2, 0.25) is 15.9 Å². The predicted molar refractivity (Wildman–Crippen MR) is 125 cm³/mol. The average molecular weight is 438 g/mol. The number of hydrogen-bond donors (Lipinski definition) is 2. The van der Waals surface area contributed by atoms with Crippen LogP contribution in [0.1, 0.15) is 85.5 Å². The van der Waals surface area contributed by atoms with E-state index in [0.29, 0.717) is 18.5 Å². The van der Waals surface area contributed by atoms with E-state index in [9.17, 15) is 13.2 Å². The quantitative estimate of drug-likeness (QED) is 0.475. The van der Waals surface area contributed by atoms with E-state index in [2.05, 4.69) is 28.8 Å². The number of piperidine rings is 1. The van der Waals surface area contributed by atoms with Gasteiger partial charge >= 0.3 is 0 Å². The van der Waals surface area contributed by atoms with Crippen LogP contribution >= 0.6 is 0 Å². The highest BCUT2D eigenvalue weighted by molar-refractivity contribution is 7.89. The van der Waals surface area contributed by atoms with Crippen LogP contribution in [0.25, 0.3) is 0 Å². The number of benzene rings is 1. The van der Waals surface area contributed by atoms with Gasteiger partial charge in [0.05, 0.1) is 5.69 Å². The molecular formula is C23H39N3O3S. The van der Waals surface area contributed by atoms with E-state index in [-0.39, 0.29) is 22.9 Å². The Hall–Kier alpha value is -1.60. The molecule has 0 aliphatic carbocycles. The summed E-state index contributed by atoms with van der Waals surface area (Å²) in [6.45, 7) is 8.94. The first-order valence-electron chi connectivity index (χ1n) is 11.5. The molecule has 1 aromatic carbocycles. The number of carbonyl (C=O) groups is 1. The highest BCUT2D eigenvalue weighted by atomic mass is 32.2. The monoisotopic (exact) mass is 437 g/mol.